The van der Waals surface area contributed by atoms with Gasteiger partial charge in [-0.15, -0.1) is 0 Å². The number of furan rings is 1. The summed E-state index contributed by atoms with van der Waals surface area (Å²) in [5.41, 5.74) is 0.962. The van der Waals surface area contributed by atoms with Gasteiger partial charge in [0.15, 0.2) is 5.76 Å². The molecule has 2 aliphatic rings. The third kappa shape index (κ3) is 3.45. The molecule has 138 valence electrons. The molecule has 4 heterocycles. The first kappa shape index (κ1) is 17.1. The molecule has 7 heteroatoms. The number of amides is 1. The van der Waals surface area contributed by atoms with E-state index in [2.05, 4.69) is 9.88 Å². The van der Waals surface area contributed by atoms with E-state index in [9.17, 15) is 4.79 Å². The Morgan fingerprint density at radius 3 is 3.04 bits per heavy atom. The molecule has 2 atom stereocenters. The van der Waals surface area contributed by atoms with E-state index < -0.39 is 0 Å². The molecule has 1 amide bonds. The number of methoxy groups -OCH3 is 1. The number of piperidine rings is 1. The number of pyridine rings is 1. The van der Waals surface area contributed by atoms with Crippen LogP contribution in [0.1, 0.15) is 22.7 Å². The van der Waals surface area contributed by atoms with Crippen LogP contribution in [0.2, 0.25) is 0 Å². The Morgan fingerprint density at radius 1 is 1.31 bits per heavy atom. The highest BCUT2D eigenvalue weighted by Gasteiger charge is 2.40. The number of hydrogen-bond donors (Lipinski definition) is 0. The first-order valence-corrected chi connectivity index (χ1v) is 8.93. The van der Waals surface area contributed by atoms with Crippen molar-refractivity contribution in [2.45, 2.75) is 25.1 Å². The molecule has 0 saturated carbocycles. The van der Waals surface area contributed by atoms with Gasteiger partial charge in [0.25, 0.3) is 5.91 Å². The van der Waals surface area contributed by atoms with Crippen molar-refractivity contribution in [1.29, 1.82) is 0 Å². The van der Waals surface area contributed by atoms with Gasteiger partial charge in [0.2, 0.25) is 5.88 Å². The number of fused-ring (bicyclic) bond motifs is 1. The standard InChI is InChI=1S/C19H23N3O4/c1-24-18-6-2-4-14(20-18)12-21-8-7-16-15(13-21)22(9-11-26-16)19(23)17-5-3-10-25-17/h2-6,10,15-16H,7-9,11-13H2,1H3/t15-,16-/m1/s1. The molecule has 2 fully saturated rings. The van der Waals surface area contributed by atoms with Crippen molar-refractivity contribution in [3.63, 3.8) is 0 Å². The maximum Gasteiger partial charge on any atom is 0.290 e. The molecule has 0 unspecified atom stereocenters. The highest BCUT2D eigenvalue weighted by atomic mass is 16.5. The SMILES string of the molecule is COc1cccc(CN2CC[C@H]3OCCN(C(=O)c4ccco4)[C@@H]3C2)n1. The summed E-state index contributed by atoms with van der Waals surface area (Å²) in [6.07, 6.45) is 2.51. The van der Waals surface area contributed by atoms with E-state index in [0.717, 1.165) is 31.7 Å². The normalized spacial score (nSPS) is 23.5. The second-order valence-electron chi connectivity index (χ2n) is 6.65. The Hall–Kier alpha value is -2.38. The molecule has 26 heavy (non-hydrogen) atoms. The molecular formula is C19H23N3O4. The van der Waals surface area contributed by atoms with Crippen LogP contribution in [-0.4, -0.2) is 66.2 Å². The van der Waals surface area contributed by atoms with Crippen LogP contribution in [0.25, 0.3) is 0 Å². The van der Waals surface area contributed by atoms with Crippen LogP contribution in [0, 0.1) is 0 Å². The molecule has 0 aliphatic carbocycles. The largest absolute Gasteiger partial charge is 0.481 e. The maximum absolute atomic E-state index is 12.8. The summed E-state index contributed by atoms with van der Waals surface area (Å²) in [5, 5.41) is 0. The van der Waals surface area contributed by atoms with Crippen LogP contribution in [0.5, 0.6) is 5.88 Å². The lowest BCUT2D eigenvalue weighted by molar-refractivity contribution is -0.0921. The Morgan fingerprint density at radius 2 is 2.23 bits per heavy atom. The lowest BCUT2D eigenvalue weighted by Gasteiger charge is -2.46. The van der Waals surface area contributed by atoms with Crippen molar-refractivity contribution in [1.82, 2.24) is 14.8 Å². The summed E-state index contributed by atoms with van der Waals surface area (Å²) >= 11 is 0. The van der Waals surface area contributed by atoms with Gasteiger partial charge in [-0.1, -0.05) is 6.07 Å². The highest BCUT2D eigenvalue weighted by Crippen LogP contribution is 2.25. The van der Waals surface area contributed by atoms with Crippen molar-refractivity contribution in [3.8, 4) is 5.88 Å². The molecule has 7 nitrogen and oxygen atoms in total. The molecule has 4 rings (SSSR count). The monoisotopic (exact) mass is 357 g/mol. The number of nitrogens with zero attached hydrogens (tertiary/aromatic N) is 3. The van der Waals surface area contributed by atoms with Crippen LogP contribution in [0.15, 0.2) is 41.0 Å². The Kier molecular flexibility index (Phi) is 4.90. The summed E-state index contributed by atoms with van der Waals surface area (Å²) in [4.78, 5) is 21.5. The topological polar surface area (TPSA) is 68.0 Å². The minimum Gasteiger partial charge on any atom is -0.481 e. The Bertz CT molecular complexity index is 749. The predicted molar refractivity (Wildman–Crippen MR) is 94.0 cm³/mol. The van der Waals surface area contributed by atoms with Gasteiger partial charge < -0.3 is 18.8 Å². The molecule has 0 bridgehead atoms. The van der Waals surface area contributed by atoms with E-state index in [1.807, 2.05) is 23.1 Å². The van der Waals surface area contributed by atoms with Gasteiger partial charge in [0.05, 0.1) is 37.8 Å². The molecule has 0 aromatic carbocycles. The van der Waals surface area contributed by atoms with Gasteiger partial charge in [0, 0.05) is 32.2 Å². The summed E-state index contributed by atoms with van der Waals surface area (Å²) in [7, 11) is 1.62. The minimum atomic E-state index is -0.0605. The van der Waals surface area contributed by atoms with Crippen LogP contribution in [0.4, 0.5) is 0 Å². The number of aromatic nitrogens is 1. The van der Waals surface area contributed by atoms with Crippen LogP contribution < -0.4 is 4.74 Å². The van der Waals surface area contributed by atoms with E-state index in [-0.39, 0.29) is 18.1 Å². The van der Waals surface area contributed by atoms with E-state index in [4.69, 9.17) is 13.9 Å². The van der Waals surface area contributed by atoms with Gasteiger partial charge in [-0.25, -0.2) is 4.98 Å². The second kappa shape index (κ2) is 7.47. The molecule has 2 aromatic rings. The molecule has 0 spiro atoms. The summed E-state index contributed by atoms with van der Waals surface area (Å²) in [6.45, 7) is 3.57. The number of rotatable bonds is 4. The average Bonchev–Trinajstić information content (AvgIpc) is 3.22. The molecule has 2 aliphatic heterocycles. The Balaban J connectivity index is 1.47. The van der Waals surface area contributed by atoms with Crippen molar-refractivity contribution < 1.29 is 18.7 Å². The lowest BCUT2D eigenvalue weighted by Crippen LogP contribution is -2.61. The van der Waals surface area contributed by atoms with E-state index in [1.54, 1.807) is 19.2 Å². The first-order valence-electron chi connectivity index (χ1n) is 8.93. The number of carbonyl (C=O) groups is 1. The number of likely N-dealkylation sites (tertiary alicyclic amines) is 1. The maximum atomic E-state index is 12.8. The van der Waals surface area contributed by atoms with Gasteiger partial charge in [-0.2, -0.15) is 0 Å². The Labute approximate surface area is 152 Å². The van der Waals surface area contributed by atoms with Gasteiger partial charge in [-0.3, -0.25) is 9.69 Å². The zero-order valence-corrected chi connectivity index (χ0v) is 14.8. The van der Waals surface area contributed by atoms with E-state index in [1.165, 1.54) is 6.26 Å². The zero-order chi connectivity index (χ0) is 17.9. The number of ether oxygens (including phenoxy) is 2. The molecule has 2 saturated heterocycles. The van der Waals surface area contributed by atoms with E-state index in [0.29, 0.717) is 24.8 Å². The van der Waals surface area contributed by atoms with Crippen LogP contribution in [-0.2, 0) is 11.3 Å². The highest BCUT2D eigenvalue weighted by molar-refractivity contribution is 5.91. The van der Waals surface area contributed by atoms with Gasteiger partial charge >= 0.3 is 0 Å². The third-order valence-corrected chi connectivity index (χ3v) is 5.04. The summed E-state index contributed by atoms with van der Waals surface area (Å²) in [6, 6.07) is 9.28. The van der Waals surface area contributed by atoms with Gasteiger partial charge in [0.1, 0.15) is 0 Å². The smallest absolute Gasteiger partial charge is 0.290 e. The van der Waals surface area contributed by atoms with Crippen LogP contribution >= 0.6 is 0 Å². The summed E-state index contributed by atoms with van der Waals surface area (Å²) < 4.78 is 16.4. The quantitative estimate of drug-likeness (QED) is 0.831. The number of carbonyl (C=O) groups excluding carboxylic acids is 1. The zero-order valence-electron chi connectivity index (χ0n) is 14.8. The molecule has 2 aromatic heterocycles. The predicted octanol–water partition coefficient (Wildman–Crippen LogP) is 1.80. The molecule has 0 N–H and O–H groups in total. The number of morpholine rings is 1. The van der Waals surface area contributed by atoms with Crippen LogP contribution in [0.3, 0.4) is 0 Å². The number of hydrogen-bond acceptors (Lipinski definition) is 6. The van der Waals surface area contributed by atoms with Crippen molar-refractivity contribution in [3.05, 3.63) is 48.0 Å². The average molecular weight is 357 g/mol. The fourth-order valence-electron chi connectivity index (χ4n) is 3.76. The minimum absolute atomic E-state index is 0.0284. The van der Waals surface area contributed by atoms with Crippen molar-refractivity contribution >= 4 is 5.91 Å². The van der Waals surface area contributed by atoms with Gasteiger partial charge in [-0.05, 0) is 24.6 Å². The molecule has 0 radical (unpaired) electrons. The van der Waals surface area contributed by atoms with E-state index >= 15 is 0 Å². The lowest BCUT2D eigenvalue weighted by atomic mass is 9.98. The van der Waals surface area contributed by atoms with Crippen molar-refractivity contribution in [2.24, 2.45) is 0 Å². The third-order valence-electron chi connectivity index (χ3n) is 5.04. The second-order valence-corrected chi connectivity index (χ2v) is 6.65. The fourth-order valence-corrected chi connectivity index (χ4v) is 3.76. The summed E-state index contributed by atoms with van der Waals surface area (Å²) in [5.74, 6) is 0.944. The van der Waals surface area contributed by atoms with Crippen molar-refractivity contribution in [2.75, 3.05) is 33.4 Å². The fraction of sp³-hybridized carbons (Fsp3) is 0.474. The molecular weight excluding hydrogens is 334 g/mol. The first-order chi connectivity index (χ1) is 12.7.